The highest BCUT2D eigenvalue weighted by Crippen LogP contribution is 2.42. The second-order valence-electron chi connectivity index (χ2n) is 6.65. The molecule has 4 fully saturated rings. The molecule has 4 aliphatic rings. The zero-order valence-corrected chi connectivity index (χ0v) is 9.39. The first-order valence-corrected chi connectivity index (χ1v) is 5.57. The van der Waals surface area contributed by atoms with E-state index in [2.05, 4.69) is 20.9 Å². The van der Waals surface area contributed by atoms with E-state index in [1.165, 1.54) is 6.67 Å². The van der Waals surface area contributed by atoms with E-state index in [4.69, 9.17) is 0 Å². The summed E-state index contributed by atoms with van der Waals surface area (Å²) in [5.74, 6) is 0.545. The van der Waals surface area contributed by atoms with Crippen LogP contribution in [-0.4, -0.2) is 50.2 Å². The summed E-state index contributed by atoms with van der Waals surface area (Å²) < 4.78 is 1.12. The molecule has 0 aromatic carbocycles. The Morgan fingerprint density at radius 1 is 1.21 bits per heavy atom. The second kappa shape index (κ2) is 2.07. The molecule has 0 saturated carbocycles. The first kappa shape index (κ1) is 8.86. The minimum atomic E-state index is -0.0203. The number of carbonyl (C=O) groups excluding carboxylic acids is 1. The van der Waals surface area contributed by atoms with Crippen LogP contribution in [0.25, 0.3) is 0 Å². The largest absolute Gasteiger partial charge is 0.297 e. The number of carbonyl (C=O) groups is 1. The SMILES string of the molecule is C[C@]12C[NH+]3C[C@](C)(C[N+](C)(C3)C1)C2=O. The lowest BCUT2D eigenvalue weighted by molar-refractivity contribution is -1.13. The van der Waals surface area contributed by atoms with Crippen molar-refractivity contribution in [1.29, 1.82) is 0 Å². The molecule has 4 aliphatic heterocycles. The molecule has 0 aromatic heterocycles. The van der Waals surface area contributed by atoms with Crippen LogP contribution in [0.15, 0.2) is 0 Å². The lowest BCUT2D eigenvalue weighted by Gasteiger charge is -2.61. The fourth-order valence-electron chi connectivity index (χ4n) is 4.81. The van der Waals surface area contributed by atoms with Gasteiger partial charge in [-0.25, -0.2) is 0 Å². The third-order valence-electron chi connectivity index (χ3n) is 4.44. The zero-order valence-electron chi connectivity index (χ0n) is 9.39. The normalized spacial score (nSPS) is 60.8. The molecule has 2 unspecified atom stereocenters. The van der Waals surface area contributed by atoms with Gasteiger partial charge < -0.3 is 0 Å². The topological polar surface area (TPSA) is 21.5 Å². The van der Waals surface area contributed by atoms with Gasteiger partial charge in [0.25, 0.3) is 0 Å². The molecule has 0 aliphatic carbocycles. The second-order valence-corrected chi connectivity index (χ2v) is 6.65. The Morgan fingerprint density at radius 2 is 1.71 bits per heavy atom. The minimum Gasteiger partial charge on any atom is -0.297 e. The van der Waals surface area contributed by atoms with Crippen molar-refractivity contribution in [3.05, 3.63) is 0 Å². The molecule has 0 amide bonds. The highest BCUT2D eigenvalue weighted by Gasteiger charge is 2.67. The van der Waals surface area contributed by atoms with Gasteiger partial charge in [-0.3, -0.25) is 14.2 Å². The van der Waals surface area contributed by atoms with Crippen molar-refractivity contribution in [2.75, 3.05) is 39.9 Å². The number of Topliss-reactive ketones (excluding diaryl/α,β-unsaturated/α-hetero) is 1. The summed E-state index contributed by atoms with van der Waals surface area (Å²) in [5, 5.41) is 0. The average Bonchev–Trinajstić information content (AvgIpc) is 1.95. The highest BCUT2D eigenvalue weighted by molar-refractivity contribution is 5.91. The van der Waals surface area contributed by atoms with Crippen molar-refractivity contribution in [3.63, 3.8) is 0 Å². The van der Waals surface area contributed by atoms with Crippen molar-refractivity contribution >= 4 is 5.78 Å². The Morgan fingerprint density at radius 3 is 2.14 bits per heavy atom. The Hall–Kier alpha value is -0.410. The van der Waals surface area contributed by atoms with Gasteiger partial charge in [0.1, 0.15) is 23.9 Å². The Labute approximate surface area is 85.3 Å². The summed E-state index contributed by atoms with van der Waals surface area (Å²) in [7, 11) is 2.32. The Kier molecular flexibility index (Phi) is 1.31. The first-order chi connectivity index (χ1) is 6.35. The molecular formula is C11H20N2O+2. The average molecular weight is 196 g/mol. The third kappa shape index (κ3) is 0.873. The van der Waals surface area contributed by atoms with Crippen LogP contribution in [0.3, 0.4) is 0 Å². The van der Waals surface area contributed by atoms with Gasteiger partial charge in [-0.1, -0.05) is 0 Å². The van der Waals surface area contributed by atoms with Gasteiger partial charge in [-0.05, 0) is 13.8 Å². The summed E-state index contributed by atoms with van der Waals surface area (Å²) in [6.45, 7) is 9.90. The Balaban J connectivity index is 2.12. The summed E-state index contributed by atoms with van der Waals surface area (Å²) >= 11 is 0. The van der Waals surface area contributed by atoms with Crippen LogP contribution >= 0.6 is 0 Å². The quantitative estimate of drug-likeness (QED) is 0.488. The molecule has 4 saturated heterocycles. The van der Waals surface area contributed by atoms with Crippen molar-refractivity contribution in [3.8, 4) is 0 Å². The van der Waals surface area contributed by atoms with Crippen LogP contribution in [0.1, 0.15) is 13.8 Å². The van der Waals surface area contributed by atoms with E-state index in [9.17, 15) is 4.79 Å². The predicted octanol–water partition coefficient (Wildman–Crippen LogP) is -1.10. The summed E-state index contributed by atoms with van der Waals surface area (Å²) in [6, 6.07) is 0. The number of hydrogen-bond donors (Lipinski definition) is 1. The number of nitrogens with zero attached hydrogens (tertiary/aromatic N) is 1. The number of quaternary nitrogens is 2. The van der Waals surface area contributed by atoms with Crippen LogP contribution in [-0.2, 0) is 4.79 Å². The van der Waals surface area contributed by atoms with E-state index in [0.29, 0.717) is 5.78 Å². The molecule has 4 rings (SSSR count). The molecule has 0 radical (unpaired) electrons. The molecule has 4 heterocycles. The van der Waals surface area contributed by atoms with Gasteiger partial charge >= 0.3 is 0 Å². The standard InChI is InChI=1S/C11H19N2O/c1-10-4-12-5-11(2,9(10)14)7-13(3,6-10)8-12/h4-8H2,1-3H3/q+1/p+1/t10-,11+,13?. The van der Waals surface area contributed by atoms with E-state index >= 15 is 0 Å². The smallest absolute Gasteiger partial charge is 0.205 e. The van der Waals surface area contributed by atoms with Gasteiger partial charge in [-0.15, -0.1) is 0 Å². The molecule has 4 bridgehead atoms. The molecule has 0 spiro atoms. The van der Waals surface area contributed by atoms with Crippen LogP contribution < -0.4 is 4.90 Å². The lowest BCUT2D eigenvalue weighted by atomic mass is 9.62. The van der Waals surface area contributed by atoms with Gasteiger partial charge in [0.15, 0.2) is 5.78 Å². The van der Waals surface area contributed by atoms with Crippen molar-refractivity contribution < 1.29 is 14.2 Å². The number of ketones is 1. The summed E-state index contributed by atoms with van der Waals surface area (Å²) in [4.78, 5) is 14.0. The first-order valence-electron chi connectivity index (χ1n) is 5.57. The molecule has 3 heteroatoms. The molecule has 0 aromatic rings. The van der Waals surface area contributed by atoms with Crippen LogP contribution in [0, 0.1) is 10.8 Å². The predicted molar refractivity (Wildman–Crippen MR) is 52.7 cm³/mol. The van der Waals surface area contributed by atoms with E-state index in [0.717, 1.165) is 30.7 Å². The highest BCUT2D eigenvalue weighted by atomic mass is 16.1. The minimum absolute atomic E-state index is 0.0203. The van der Waals surface area contributed by atoms with Crippen molar-refractivity contribution in [2.24, 2.45) is 10.8 Å². The maximum atomic E-state index is 12.3. The van der Waals surface area contributed by atoms with Crippen LogP contribution in [0.2, 0.25) is 0 Å². The van der Waals surface area contributed by atoms with Crippen LogP contribution in [0.4, 0.5) is 0 Å². The fourth-order valence-corrected chi connectivity index (χ4v) is 4.81. The molecule has 4 atom stereocenters. The van der Waals surface area contributed by atoms with E-state index in [1.54, 1.807) is 4.90 Å². The molecule has 3 nitrogen and oxygen atoms in total. The lowest BCUT2D eigenvalue weighted by Crippen LogP contribution is -3.23. The number of rotatable bonds is 0. The maximum Gasteiger partial charge on any atom is 0.205 e. The van der Waals surface area contributed by atoms with Gasteiger partial charge in [0, 0.05) is 0 Å². The molecule has 1 N–H and O–H groups in total. The summed E-state index contributed by atoms with van der Waals surface area (Å²) in [6.07, 6.45) is 0. The molecular weight excluding hydrogens is 176 g/mol. The molecule has 78 valence electrons. The number of hydrogen-bond acceptors (Lipinski definition) is 1. The fraction of sp³-hybridized carbons (Fsp3) is 0.909. The van der Waals surface area contributed by atoms with Gasteiger partial charge in [0.05, 0.1) is 20.1 Å². The van der Waals surface area contributed by atoms with Crippen LogP contribution in [0.5, 0.6) is 0 Å². The van der Waals surface area contributed by atoms with Gasteiger partial charge in [0.2, 0.25) is 6.67 Å². The zero-order chi connectivity index (χ0) is 10.2. The maximum absolute atomic E-state index is 12.3. The third-order valence-corrected chi connectivity index (χ3v) is 4.44. The Bertz CT molecular complexity index is 303. The van der Waals surface area contributed by atoms with E-state index in [1.807, 2.05) is 0 Å². The monoisotopic (exact) mass is 196 g/mol. The van der Waals surface area contributed by atoms with Gasteiger partial charge in [-0.2, -0.15) is 0 Å². The van der Waals surface area contributed by atoms with E-state index < -0.39 is 0 Å². The molecule has 14 heavy (non-hydrogen) atoms. The van der Waals surface area contributed by atoms with E-state index in [-0.39, 0.29) is 10.8 Å². The number of nitrogens with one attached hydrogen (secondary N) is 1. The number of piperidine rings is 2. The summed E-state index contributed by atoms with van der Waals surface area (Å²) in [5.41, 5.74) is -0.0405. The van der Waals surface area contributed by atoms with Crippen molar-refractivity contribution in [1.82, 2.24) is 0 Å². The van der Waals surface area contributed by atoms with Crippen molar-refractivity contribution in [2.45, 2.75) is 13.8 Å².